The normalized spacial score (nSPS) is 42.5. The van der Waals surface area contributed by atoms with E-state index >= 15 is 0 Å². The van der Waals surface area contributed by atoms with Gasteiger partial charge in [0.05, 0.1) is 15.6 Å². The number of nitrogens with one attached hydrogen (secondary N) is 1. The van der Waals surface area contributed by atoms with Gasteiger partial charge in [0.1, 0.15) is 0 Å². The molecule has 1 amide bonds. The first-order valence-corrected chi connectivity index (χ1v) is 8.50. The lowest BCUT2D eigenvalue weighted by molar-refractivity contribution is -0.326. The number of hydrogen-bond acceptors (Lipinski definition) is 3. The number of rotatable bonds is 2. The van der Waals surface area contributed by atoms with Crippen molar-refractivity contribution in [2.24, 2.45) is 22.2 Å². The SMILES string of the molecule is CC12CC3(C(=O)Nc4nc5ccccc5s4)[C@@H]1CC[C@@]23C. The minimum Gasteiger partial charge on any atom is -0.301 e. The van der Waals surface area contributed by atoms with Crippen LogP contribution in [-0.4, -0.2) is 10.9 Å². The molecule has 21 heavy (non-hydrogen) atoms. The highest BCUT2D eigenvalue weighted by atomic mass is 32.1. The standard InChI is InChI=1S/C17H18N2OS/c1-15-9-17(12(15)7-8-16(15,17)2)13(20)19-14-18-10-5-3-4-6-11(10)21-14/h3-6,12H,7-9H2,1-2H3,(H,18,19,20)/t12-,15?,16+,17?/m1/s1. The first kappa shape index (κ1) is 12.2. The molecule has 1 aromatic carbocycles. The van der Waals surface area contributed by atoms with Gasteiger partial charge in [-0.05, 0) is 48.1 Å². The molecule has 3 nitrogen and oxygen atoms in total. The minimum absolute atomic E-state index is 0.0976. The molecule has 5 aliphatic rings. The number of anilines is 1. The maximum Gasteiger partial charge on any atom is 0.233 e. The van der Waals surface area contributed by atoms with Gasteiger partial charge in [0.2, 0.25) is 5.91 Å². The summed E-state index contributed by atoms with van der Waals surface area (Å²) in [5.41, 5.74) is 1.53. The fourth-order valence-corrected chi connectivity index (χ4v) is 6.71. The van der Waals surface area contributed by atoms with Crippen LogP contribution in [0.15, 0.2) is 24.3 Å². The lowest BCUT2D eigenvalue weighted by atomic mass is 9.21. The van der Waals surface area contributed by atoms with Crippen LogP contribution in [0.4, 0.5) is 5.13 Å². The number of nitrogens with zero attached hydrogens (tertiary/aromatic N) is 1. The van der Waals surface area contributed by atoms with Crippen molar-refractivity contribution in [3.05, 3.63) is 24.3 Å². The van der Waals surface area contributed by atoms with Crippen LogP contribution >= 0.6 is 11.3 Å². The van der Waals surface area contributed by atoms with Crippen molar-refractivity contribution in [1.82, 2.24) is 4.98 Å². The monoisotopic (exact) mass is 298 g/mol. The van der Waals surface area contributed by atoms with E-state index in [-0.39, 0.29) is 16.7 Å². The molecule has 2 unspecified atom stereocenters. The Hall–Kier alpha value is -1.42. The zero-order chi connectivity index (χ0) is 14.5. The summed E-state index contributed by atoms with van der Waals surface area (Å²) < 4.78 is 1.13. The molecule has 4 atom stereocenters. The predicted octanol–water partition coefficient (Wildman–Crippen LogP) is 4.06. The molecule has 2 aromatic rings. The maximum absolute atomic E-state index is 12.9. The average Bonchev–Trinajstić information content (AvgIpc) is 3.03. The molecule has 1 heterocycles. The van der Waals surface area contributed by atoms with E-state index in [1.54, 1.807) is 11.3 Å². The average molecular weight is 298 g/mol. The minimum atomic E-state index is -0.0976. The highest BCUT2D eigenvalue weighted by molar-refractivity contribution is 7.22. The third-order valence-electron chi connectivity index (χ3n) is 7.11. The van der Waals surface area contributed by atoms with Gasteiger partial charge in [0.25, 0.3) is 0 Å². The lowest BCUT2D eigenvalue weighted by Gasteiger charge is -2.81. The molecule has 5 aliphatic carbocycles. The Bertz CT molecular complexity index is 766. The van der Waals surface area contributed by atoms with Gasteiger partial charge in [-0.25, -0.2) is 4.98 Å². The van der Waals surface area contributed by atoms with E-state index in [0.29, 0.717) is 11.3 Å². The first-order valence-electron chi connectivity index (χ1n) is 7.68. The summed E-state index contributed by atoms with van der Waals surface area (Å²) in [5, 5.41) is 3.87. The van der Waals surface area contributed by atoms with E-state index in [1.165, 1.54) is 12.8 Å². The van der Waals surface area contributed by atoms with E-state index in [0.717, 1.165) is 21.8 Å². The molecule has 7 rings (SSSR count). The summed E-state index contributed by atoms with van der Waals surface area (Å²) in [5.74, 6) is 0.819. The number of fused-ring (bicyclic) bond motifs is 2. The van der Waals surface area contributed by atoms with Crippen molar-refractivity contribution in [2.45, 2.75) is 33.1 Å². The highest BCUT2D eigenvalue weighted by Gasteiger charge is 2.91. The summed E-state index contributed by atoms with van der Waals surface area (Å²) in [4.78, 5) is 17.4. The van der Waals surface area contributed by atoms with Crippen molar-refractivity contribution in [3.63, 3.8) is 0 Å². The van der Waals surface area contributed by atoms with Gasteiger partial charge in [-0.1, -0.05) is 37.3 Å². The quantitative estimate of drug-likeness (QED) is 0.908. The second kappa shape index (κ2) is 3.32. The number of carbonyl (C=O) groups is 1. The van der Waals surface area contributed by atoms with Crippen molar-refractivity contribution < 1.29 is 4.79 Å². The first-order chi connectivity index (χ1) is 10.0. The fourth-order valence-electron chi connectivity index (χ4n) is 5.85. The highest BCUT2D eigenvalue weighted by Crippen LogP contribution is 2.93. The Morgan fingerprint density at radius 3 is 2.86 bits per heavy atom. The van der Waals surface area contributed by atoms with Gasteiger partial charge < -0.3 is 5.32 Å². The number of amides is 1. The Morgan fingerprint density at radius 1 is 1.38 bits per heavy atom. The summed E-state index contributed by atoms with van der Waals surface area (Å²) in [6.45, 7) is 4.69. The van der Waals surface area contributed by atoms with Gasteiger partial charge in [0.15, 0.2) is 5.13 Å². The second-order valence-electron chi connectivity index (χ2n) is 7.43. The van der Waals surface area contributed by atoms with E-state index in [2.05, 4.69) is 30.2 Å². The molecule has 0 aliphatic heterocycles. The molecule has 0 spiro atoms. The molecule has 4 heteroatoms. The van der Waals surface area contributed by atoms with Crippen molar-refractivity contribution in [1.29, 1.82) is 0 Å². The summed E-state index contributed by atoms with van der Waals surface area (Å²) in [6.07, 6.45) is 3.50. The Morgan fingerprint density at radius 2 is 2.19 bits per heavy atom. The van der Waals surface area contributed by atoms with Crippen molar-refractivity contribution >= 4 is 32.6 Å². The molecule has 1 aromatic heterocycles. The van der Waals surface area contributed by atoms with E-state index in [4.69, 9.17) is 0 Å². The molecule has 5 fully saturated rings. The topological polar surface area (TPSA) is 42.0 Å². The molecule has 108 valence electrons. The van der Waals surface area contributed by atoms with Gasteiger partial charge in [-0.2, -0.15) is 0 Å². The summed E-state index contributed by atoms with van der Waals surface area (Å²) in [6, 6.07) is 8.04. The number of benzene rings is 1. The van der Waals surface area contributed by atoms with Crippen LogP contribution in [0, 0.1) is 22.2 Å². The number of thiazole rings is 1. The van der Waals surface area contributed by atoms with Crippen LogP contribution < -0.4 is 5.32 Å². The van der Waals surface area contributed by atoms with Gasteiger partial charge in [-0.3, -0.25) is 4.79 Å². The van der Waals surface area contributed by atoms with Gasteiger partial charge in [-0.15, -0.1) is 0 Å². The van der Waals surface area contributed by atoms with E-state index < -0.39 is 0 Å². The molecular formula is C17H18N2OS. The van der Waals surface area contributed by atoms with Gasteiger partial charge >= 0.3 is 0 Å². The Kier molecular flexibility index (Phi) is 1.92. The third kappa shape index (κ3) is 1.05. The van der Waals surface area contributed by atoms with Crippen molar-refractivity contribution in [2.75, 3.05) is 5.32 Å². The molecular weight excluding hydrogens is 280 g/mol. The summed E-state index contributed by atoms with van der Waals surface area (Å²) in [7, 11) is 0. The second-order valence-corrected chi connectivity index (χ2v) is 8.46. The van der Waals surface area contributed by atoms with Gasteiger partial charge in [0, 0.05) is 0 Å². The smallest absolute Gasteiger partial charge is 0.233 e. The third-order valence-corrected chi connectivity index (χ3v) is 8.06. The molecule has 0 saturated heterocycles. The fraction of sp³-hybridized carbons (Fsp3) is 0.529. The van der Waals surface area contributed by atoms with E-state index in [9.17, 15) is 4.79 Å². The van der Waals surface area contributed by atoms with Crippen LogP contribution in [0.2, 0.25) is 0 Å². The number of para-hydroxylation sites is 1. The van der Waals surface area contributed by atoms with Crippen LogP contribution in [0.5, 0.6) is 0 Å². The molecule has 4 bridgehead atoms. The predicted molar refractivity (Wildman–Crippen MR) is 84.2 cm³/mol. The summed E-state index contributed by atoms with van der Waals surface area (Å²) >= 11 is 1.57. The zero-order valence-electron chi connectivity index (χ0n) is 12.3. The molecule has 1 N–H and O–H groups in total. The largest absolute Gasteiger partial charge is 0.301 e. The van der Waals surface area contributed by atoms with Crippen LogP contribution in [0.1, 0.15) is 33.1 Å². The number of aromatic nitrogens is 1. The number of hydrogen-bond donors (Lipinski definition) is 1. The van der Waals surface area contributed by atoms with E-state index in [1.807, 2.05) is 18.2 Å². The molecule has 5 saturated carbocycles. The zero-order valence-corrected chi connectivity index (χ0v) is 13.1. The molecule has 0 radical (unpaired) electrons. The maximum atomic E-state index is 12.9. The Labute approximate surface area is 127 Å². The lowest BCUT2D eigenvalue weighted by Crippen LogP contribution is -2.81. The number of carbonyl (C=O) groups excluding carboxylic acids is 1. The van der Waals surface area contributed by atoms with Crippen LogP contribution in [0.25, 0.3) is 10.2 Å². The van der Waals surface area contributed by atoms with Crippen LogP contribution in [0.3, 0.4) is 0 Å². The Balaban J connectivity index is 1.46. The van der Waals surface area contributed by atoms with Crippen LogP contribution in [-0.2, 0) is 4.79 Å². The van der Waals surface area contributed by atoms with Crippen molar-refractivity contribution in [3.8, 4) is 0 Å².